The van der Waals surface area contributed by atoms with Crippen molar-refractivity contribution in [1.29, 1.82) is 0 Å². The molecule has 5 nitrogen and oxygen atoms in total. The fraction of sp³-hybridized carbons (Fsp3) is 0.846. The van der Waals surface area contributed by atoms with Crippen LogP contribution < -0.4 is 5.32 Å². The van der Waals surface area contributed by atoms with E-state index < -0.39 is 5.97 Å². The molecule has 0 atom stereocenters. The van der Waals surface area contributed by atoms with E-state index in [0.29, 0.717) is 19.3 Å². The molecule has 2 N–H and O–H groups in total. The van der Waals surface area contributed by atoms with Gasteiger partial charge in [-0.3, -0.25) is 9.59 Å². The molecule has 104 valence electrons. The van der Waals surface area contributed by atoms with Crippen LogP contribution in [0.2, 0.25) is 0 Å². The second-order valence-electron chi connectivity index (χ2n) is 4.85. The molecule has 1 fully saturated rings. The Kier molecular flexibility index (Phi) is 7.41. The number of unbranched alkanes of at least 4 members (excludes halogenated alkanes) is 1. The van der Waals surface area contributed by atoms with Gasteiger partial charge in [0.05, 0.1) is 0 Å². The quantitative estimate of drug-likeness (QED) is 0.609. The van der Waals surface area contributed by atoms with E-state index in [1.807, 2.05) is 0 Å². The second kappa shape index (κ2) is 8.91. The van der Waals surface area contributed by atoms with Crippen LogP contribution in [0.1, 0.15) is 44.9 Å². The van der Waals surface area contributed by atoms with Crippen LogP contribution in [-0.2, 0) is 9.59 Å². The molecule has 0 spiro atoms. The lowest BCUT2D eigenvalue weighted by Crippen LogP contribution is -2.28. The van der Waals surface area contributed by atoms with Crippen molar-refractivity contribution in [1.82, 2.24) is 10.2 Å². The van der Waals surface area contributed by atoms with Crippen LogP contribution in [0.5, 0.6) is 0 Å². The molecule has 0 aromatic carbocycles. The molecule has 0 aliphatic carbocycles. The summed E-state index contributed by atoms with van der Waals surface area (Å²) in [6.07, 6.45) is 5.44. The van der Waals surface area contributed by atoms with Crippen molar-refractivity contribution in [3.63, 3.8) is 0 Å². The van der Waals surface area contributed by atoms with Gasteiger partial charge in [0.2, 0.25) is 5.91 Å². The number of nitrogens with one attached hydrogen (secondary N) is 1. The third-order valence-corrected chi connectivity index (χ3v) is 3.22. The molecule has 18 heavy (non-hydrogen) atoms. The van der Waals surface area contributed by atoms with Gasteiger partial charge in [-0.25, -0.2) is 0 Å². The molecule has 0 bridgehead atoms. The monoisotopic (exact) mass is 256 g/mol. The lowest BCUT2D eigenvalue weighted by molar-refractivity contribution is -0.137. The van der Waals surface area contributed by atoms with Crippen LogP contribution in [0.3, 0.4) is 0 Å². The Labute approximate surface area is 109 Å². The van der Waals surface area contributed by atoms with Crippen LogP contribution in [0.15, 0.2) is 0 Å². The molecule has 1 saturated heterocycles. The Morgan fingerprint density at radius 1 is 1.06 bits per heavy atom. The van der Waals surface area contributed by atoms with Gasteiger partial charge in [-0.1, -0.05) is 0 Å². The zero-order valence-electron chi connectivity index (χ0n) is 11.0. The Balaban J connectivity index is 1.88. The van der Waals surface area contributed by atoms with E-state index in [1.165, 1.54) is 25.9 Å². The number of nitrogens with zero attached hydrogens (tertiary/aromatic N) is 1. The minimum atomic E-state index is -0.791. The standard InChI is InChI=1S/C13H24N2O3/c16-12(6-1-2-7-13(17)18)14-8-5-11-15-9-3-4-10-15/h1-11H2,(H,14,16)(H,17,18). The van der Waals surface area contributed by atoms with Gasteiger partial charge < -0.3 is 15.3 Å². The summed E-state index contributed by atoms with van der Waals surface area (Å²) in [6.45, 7) is 4.19. The van der Waals surface area contributed by atoms with Gasteiger partial charge in [-0.15, -0.1) is 0 Å². The summed E-state index contributed by atoms with van der Waals surface area (Å²) in [7, 11) is 0. The summed E-state index contributed by atoms with van der Waals surface area (Å²) < 4.78 is 0. The number of hydrogen-bond acceptors (Lipinski definition) is 3. The van der Waals surface area contributed by atoms with Crippen molar-refractivity contribution >= 4 is 11.9 Å². The normalized spacial score (nSPS) is 15.8. The van der Waals surface area contributed by atoms with Gasteiger partial charge in [0, 0.05) is 19.4 Å². The Morgan fingerprint density at radius 3 is 2.39 bits per heavy atom. The topological polar surface area (TPSA) is 69.6 Å². The summed E-state index contributed by atoms with van der Waals surface area (Å²) in [5.41, 5.74) is 0. The predicted molar refractivity (Wildman–Crippen MR) is 69.4 cm³/mol. The van der Waals surface area contributed by atoms with Crippen molar-refractivity contribution in [2.24, 2.45) is 0 Å². The molecular weight excluding hydrogens is 232 g/mol. The lowest BCUT2D eigenvalue weighted by atomic mass is 10.2. The number of hydrogen-bond donors (Lipinski definition) is 2. The fourth-order valence-electron chi connectivity index (χ4n) is 2.19. The molecule has 1 heterocycles. The molecule has 0 aromatic rings. The zero-order chi connectivity index (χ0) is 13.2. The lowest BCUT2D eigenvalue weighted by Gasteiger charge is -2.14. The number of aliphatic carboxylic acids is 1. The van der Waals surface area contributed by atoms with Gasteiger partial charge in [0.15, 0.2) is 0 Å². The number of carboxylic acids is 1. The molecule has 1 aliphatic heterocycles. The van der Waals surface area contributed by atoms with Gasteiger partial charge in [0.25, 0.3) is 0 Å². The molecule has 1 aliphatic rings. The fourth-order valence-corrected chi connectivity index (χ4v) is 2.19. The number of likely N-dealkylation sites (tertiary alicyclic amines) is 1. The van der Waals surface area contributed by atoms with Gasteiger partial charge in [-0.2, -0.15) is 0 Å². The highest BCUT2D eigenvalue weighted by molar-refractivity contribution is 5.75. The summed E-state index contributed by atoms with van der Waals surface area (Å²) in [6, 6.07) is 0. The van der Waals surface area contributed by atoms with E-state index in [-0.39, 0.29) is 12.3 Å². The maximum absolute atomic E-state index is 11.4. The van der Waals surface area contributed by atoms with Crippen molar-refractivity contribution in [2.45, 2.75) is 44.9 Å². The Morgan fingerprint density at radius 2 is 1.72 bits per heavy atom. The van der Waals surface area contributed by atoms with Gasteiger partial charge >= 0.3 is 5.97 Å². The summed E-state index contributed by atoms with van der Waals surface area (Å²) in [5.74, 6) is -0.747. The zero-order valence-corrected chi connectivity index (χ0v) is 11.0. The van der Waals surface area contributed by atoms with Crippen LogP contribution in [-0.4, -0.2) is 48.1 Å². The van der Waals surface area contributed by atoms with Crippen molar-refractivity contribution in [2.75, 3.05) is 26.2 Å². The number of carbonyl (C=O) groups is 2. The Bertz CT molecular complexity index is 263. The molecule has 0 saturated carbocycles. The first-order chi connectivity index (χ1) is 8.68. The van der Waals surface area contributed by atoms with E-state index in [4.69, 9.17) is 5.11 Å². The van der Waals surface area contributed by atoms with Gasteiger partial charge in [-0.05, 0) is 51.7 Å². The molecule has 0 radical (unpaired) electrons. The van der Waals surface area contributed by atoms with E-state index in [1.54, 1.807) is 0 Å². The molecule has 0 unspecified atom stereocenters. The summed E-state index contributed by atoms with van der Waals surface area (Å²) in [4.78, 5) is 24.1. The van der Waals surface area contributed by atoms with E-state index in [9.17, 15) is 9.59 Å². The maximum atomic E-state index is 11.4. The van der Waals surface area contributed by atoms with Crippen molar-refractivity contribution in [3.8, 4) is 0 Å². The molecule has 0 aromatic heterocycles. The highest BCUT2D eigenvalue weighted by Crippen LogP contribution is 2.06. The third-order valence-electron chi connectivity index (χ3n) is 3.22. The van der Waals surface area contributed by atoms with E-state index >= 15 is 0 Å². The maximum Gasteiger partial charge on any atom is 0.303 e. The molecule has 1 amide bonds. The largest absolute Gasteiger partial charge is 0.481 e. The highest BCUT2D eigenvalue weighted by atomic mass is 16.4. The second-order valence-corrected chi connectivity index (χ2v) is 4.85. The minimum Gasteiger partial charge on any atom is -0.481 e. The minimum absolute atomic E-state index is 0.0433. The number of carboxylic acid groups (broad SMARTS) is 1. The Hall–Kier alpha value is -1.10. The van der Waals surface area contributed by atoms with Crippen molar-refractivity contribution in [3.05, 3.63) is 0 Å². The van der Waals surface area contributed by atoms with Crippen LogP contribution in [0.25, 0.3) is 0 Å². The third kappa shape index (κ3) is 7.27. The average Bonchev–Trinajstić information content (AvgIpc) is 2.83. The van der Waals surface area contributed by atoms with Crippen molar-refractivity contribution < 1.29 is 14.7 Å². The number of amides is 1. The number of rotatable bonds is 9. The van der Waals surface area contributed by atoms with E-state index in [2.05, 4.69) is 10.2 Å². The molecule has 5 heteroatoms. The number of carbonyl (C=O) groups excluding carboxylic acids is 1. The first kappa shape index (κ1) is 15.0. The van der Waals surface area contributed by atoms with Crippen LogP contribution in [0.4, 0.5) is 0 Å². The first-order valence-electron chi connectivity index (χ1n) is 6.89. The molecular formula is C13H24N2O3. The first-order valence-corrected chi connectivity index (χ1v) is 6.89. The predicted octanol–water partition coefficient (Wildman–Crippen LogP) is 1.23. The average molecular weight is 256 g/mol. The summed E-state index contributed by atoms with van der Waals surface area (Å²) >= 11 is 0. The summed E-state index contributed by atoms with van der Waals surface area (Å²) in [5, 5.41) is 11.3. The van der Waals surface area contributed by atoms with Crippen LogP contribution in [0, 0.1) is 0 Å². The highest BCUT2D eigenvalue weighted by Gasteiger charge is 2.10. The van der Waals surface area contributed by atoms with Gasteiger partial charge in [0.1, 0.15) is 0 Å². The smallest absolute Gasteiger partial charge is 0.303 e. The SMILES string of the molecule is O=C(O)CCCCC(=O)NCCCN1CCCC1. The van der Waals surface area contributed by atoms with Crippen LogP contribution >= 0.6 is 0 Å². The molecule has 1 rings (SSSR count). The van der Waals surface area contributed by atoms with E-state index in [0.717, 1.165) is 19.5 Å².